The zero-order valence-electron chi connectivity index (χ0n) is 14.1. The Hall–Kier alpha value is -1.46. The second-order valence-corrected chi connectivity index (χ2v) is 6.98. The minimum Gasteiger partial charge on any atom is -0.481 e. The van der Waals surface area contributed by atoms with Gasteiger partial charge in [-0.15, -0.1) is 0 Å². The molecule has 1 aromatic rings. The second kappa shape index (κ2) is 8.08. The van der Waals surface area contributed by atoms with Crippen LogP contribution in [0.4, 0.5) is 0 Å². The van der Waals surface area contributed by atoms with Crippen LogP contribution in [0, 0.1) is 5.92 Å². The summed E-state index contributed by atoms with van der Waals surface area (Å²) >= 11 is 11.8. The quantitative estimate of drug-likeness (QED) is 0.815. The fourth-order valence-electron chi connectivity index (χ4n) is 2.77. The number of ether oxygens (including phenoxy) is 1. The van der Waals surface area contributed by atoms with E-state index in [1.165, 1.54) is 0 Å². The molecule has 5 nitrogen and oxygen atoms in total. The summed E-state index contributed by atoms with van der Waals surface area (Å²) in [5.74, 6) is 0.539. The van der Waals surface area contributed by atoms with E-state index in [0.717, 1.165) is 0 Å². The summed E-state index contributed by atoms with van der Waals surface area (Å²) in [6, 6.07) is 4.91. The highest BCUT2D eigenvalue weighted by Gasteiger charge is 2.30. The molecule has 1 fully saturated rings. The zero-order chi connectivity index (χ0) is 17.9. The molecule has 1 saturated heterocycles. The van der Waals surface area contributed by atoms with Gasteiger partial charge in [0.05, 0.1) is 10.0 Å². The standard InChI is InChI=1S/C17H22Cl2N2O3/c1-11(24-13-4-5-14(18)15(19)10-13)16(22)21-8-6-12(7-9-21)17(23)20(2)3/h4-5,10-12H,6-9H2,1-3H3. The number of hydrogen-bond donors (Lipinski definition) is 0. The molecule has 2 rings (SSSR count). The van der Waals surface area contributed by atoms with Crippen molar-refractivity contribution >= 4 is 35.0 Å². The number of nitrogens with zero attached hydrogens (tertiary/aromatic N) is 2. The van der Waals surface area contributed by atoms with Crippen LogP contribution in [-0.4, -0.2) is 54.9 Å². The molecule has 1 aliphatic heterocycles. The third kappa shape index (κ3) is 4.54. The highest BCUT2D eigenvalue weighted by Crippen LogP contribution is 2.27. The van der Waals surface area contributed by atoms with Crippen LogP contribution in [0.15, 0.2) is 18.2 Å². The Balaban J connectivity index is 1.90. The summed E-state index contributed by atoms with van der Waals surface area (Å²) in [4.78, 5) is 27.9. The van der Waals surface area contributed by atoms with E-state index in [9.17, 15) is 9.59 Å². The number of halogens is 2. The van der Waals surface area contributed by atoms with Gasteiger partial charge in [-0.3, -0.25) is 9.59 Å². The Kier molecular flexibility index (Phi) is 6.35. The maximum absolute atomic E-state index is 12.5. The van der Waals surface area contributed by atoms with Crippen LogP contribution in [0.2, 0.25) is 10.0 Å². The number of carbonyl (C=O) groups excluding carboxylic acids is 2. The van der Waals surface area contributed by atoms with Crippen LogP contribution in [0.1, 0.15) is 19.8 Å². The van der Waals surface area contributed by atoms with Gasteiger partial charge in [-0.1, -0.05) is 23.2 Å². The molecule has 0 saturated carbocycles. The van der Waals surface area contributed by atoms with E-state index in [2.05, 4.69) is 0 Å². The lowest BCUT2D eigenvalue weighted by Gasteiger charge is -2.33. The molecule has 2 amide bonds. The molecule has 1 heterocycles. The van der Waals surface area contributed by atoms with Gasteiger partial charge in [-0.2, -0.15) is 0 Å². The molecule has 1 aromatic carbocycles. The summed E-state index contributed by atoms with van der Waals surface area (Å²) in [6.45, 7) is 2.85. The van der Waals surface area contributed by atoms with Crippen LogP contribution in [0.3, 0.4) is 0 Å². The first-order valence-corrected chi connectivity index (χ1v) is 8.67. The molecule has 0 aromatic heterocycles. The summed E-state index contributed by atoms with van der Waals surface area (Å²) in [7, 11) is 3.51. The van der Waals surface area contributed by atoms with Crippen LogP contribution in [0.5, 0.6) is 5.75 Å². The summed E-state index contributed by atoms with van der Waals surface area (Å²) in [5, 5.41) is 0.826. The molecule has 0 N–H and O–H groups in total. The van der Waals surface area contributed by atoms with E-state index in [0.29, 0.717) is 41.7 Å². The van der Waals surface area contributed by atoms with E-state index in [-0.39, 0.29) is 17.7 Å². The van der Waals surface area contributed by atoms with Gasteiger partial charge in [0, 0.05) is 39.2 Å². The van der Waals surface area contributed by atoms with Crippen molar-refractivity contribution in [1.82, 2.24) is 9.80 Å². The van der Waals surface area contributed by atoms with Gasteiger partial charge in [0.25, 0.3) is 5.91 Å². The minimum atomic E-state index is -0.622. The molecule has 0 spiro atoms. The number of benzene rings is 1. The number of hydrogen-bond acceptors (Lipinski definition) is 3. The first-order chi connectivity index (χ1) is 11.3. The van der Waals surface area contributed by atoms with Gasteiger partial charge >= 0.3 is 0 Å². The average Bonchev–Trinajstić information content (AvgIpc) is 2.56. The number of amides is 2. The lowest BCUT2D eigenvalue weighted by atomic mass is 9.95. The first-order valence-electron chi connectivity index (χ1n) is 7.91. The molecule has 0 bridgehead atoms. The predicted molar refractivity (Wildman–Crippen MR) is 94.6 cm³/mol. The monoisotopic (exact) mass is 372 g/mol. The largest absolute Gasteiger partial charge is 0.481 e. The SMILES string of the molecule is CC(Oc1ccc(Cl)c(Cl)c1)C(=O)N1CCC(C(=O)N(C)C)CC1. The Morgan fingerprint density at radius 1 is 1.21 bits per heavy atom. The summed E-state index contributed by atoms with van der Waals surface area (Å²) in [6.07, 6.45) is 0.744. The molecule has 0 aliphatic carbocycles. The third-order valence-corrected chi connectivity index (χ3v) is 4.89. The Morgan fingerprint density at radius 2 is 1.83 bits per heavy atom. The van der Waals surface area contributed by atoms with Crippen molar-refractivity contribution in [3.05, 3.63) is 28.2 Å². The highest BCUT2D eigenvalue weighted by atomic mass is 35.5. The smallest absolute Gasteiger partial charge is 0.263 e. The molecule has 7 heteroatoms. The molecule has 132 valence electrons. The molecular formula is C17H22Cl2N2O3. The van der Waals surface area contributed by atoms with Gasteiger partial charge in [0.2, 0.25) is 5.91 Å². The predicted octanol–water partition coefficient (Wildman–Crippen LogP) is 3.09. The van der Waals surface area contributed by atoms with Crippen molar-refractivity contribution in [2.24, 2.45) is 5.92 Å². The molecule has 1 aliphatic rings. The lowest BCUT2D eigenvalue weighted by molar-refractivity contribution is -0.142. The number of piperidine rings is 1. The van der Waals surface area contributed by atoms with Crippen molar-refractivity contribution in [2.75, 3.05) is 27.2 Å². The topological polar surface area (TPSA) is 49.9 Å². The normalized spacial score (nSPS) is 16.6. The van der Waals surface area contributed by atoms with Gasteiger partial charge in [-0.05, 0) is 31.9 Å². The Bertz CT molecular complexity index is 614. The van der Waals surface area contributed by atoms with Crippen molar-refractivity contribution < 1.29 is 14.3 Å². The fraction of sp³-hybridized carbons (Fsp3) is 0.529. The Morgan fingerprint density at radius 3 is 2.38 bits per heavy atom. The van der Waals surface area contributed by atoms with E-state index in [1.807, 2.05) is 0 Å². The van der Waals surface area contributed by atoms with Crippen molar-refractivity contribution in [1.29, 1.82) is 0 Å². The van der Waals surface area contributed by atoms with Crippen molar-refractivity contribution in [3.8, 4) is 5.75 Å². The highest BCUT2D eigenvalue weighted by molar-refractivity contribution is 6.42. The fourth-order valence-corrected chi connectivity index (χ4v) is 3.06. The van der Waals surface area contributed by atoms with Gasteiger partial charge in [0.15, 0.2) is 6.10 Å². The number of rotatable bonds is 4. The van der Waals surface area contributed by atoms with E-state index in [4.69, 9.17) is 27.9 Å². The van der Waals surface area contributed by atoms with E-state index >= 15 is 0 Å². The maximum atomic E-state index is 12.5. The van der Waals surface area contributed by atoms with Gasteiger partial charge in [-0.25, -0.2) is 0 Å². The second-order valence-electron chi connectivity index (χ2n) is 6.17. The average molecular weight is 373 g/mol. The number of likely N-dealkylation sites (tertiary alicyclic amines) is 1. The molecule has 0 radical (unpaired) electrons. The van der Waals surface area contributed by atoms with Crippen LogP contribution in [0.25, 0.3) is 0 Å². The van der Waals surface area contributed by atoms with Crippen LogP contribution >= 0.6 is 23.2 Å². The summed E-state index contributed by atoms with van der Waals surface area (Å²) in [5.41, 5.74) is 0. The first kappa shape index (κ1) is 18.9. The van der Waals surface area contributed by atoms with Crippen LogP contribution in [-0.2, 0) is 9.59 Å². The minimum absolute atomic E-state index is 0.00431. The lowest BCUT2D eigenvalue weighted by Crippen LogP contribution is -2.47. The van der Waals surface area contributed by atoms with E-state index in [1.54, 1.807) is 49.0 Å². The van der Waals surface area contributed by atoms with Gasteiger partial charge < -0.3 is 14.5 Å². The van der Waals surface area contributed by atoms with Crippen molar-refractivity contribution in [2.45, 2.75) is 25.9 Å². The van der Waals surface area contributed by atoms with Crippen molar-refractivity contribution in [3.63, 3.8) is 0 Å². The molecule has 24 heavy (non-hydrogen) atoms. The third-order valence-electron chi connectivity index (χ3n) is 4.15. The Labute approximate surface area is 152 Å². The number of carbonyl (C=O) groups is 2. The molecule has 1 unspecified atom stereocenters. The van der Waals surface area contributed by atoms with Crippen LogP contribution < -0.4 is 4.74 Å². The summed E-state index contributed by atoms with van der Waals surface area (Å²) < 4.78 is 5.67. The maximum Gasteiger partial charge on any atom is 0.263 e. The van der Waals surface area contributed by atoms with Gasteiger partial charge in [0.1, 0.15) is 5.75 Å². The zero-order valence-corrected chi connectivity index (χ0v) is 15.6. The van der Waals surface area contributed by atoms with E-state index < -0.39 is 6.10 Å². The molecular weight excluding hydrogens is 351 g/mol. The molecule has 1 atom stereocenters.